The van der Waals surface area contributed by atoms with E-state index in [-0.39, 0.29) is 66.4 Å². The van der Waals surface area contributed by atoms with E-state index in [4.69, 9.17) is 4.42 Å². The van der Waals surface area contributed by atoms with Crippen molar-refractivity contribution in [2.75, 3.05) is 6.54 Å². The van der Waals surface area contributed by atoms with Crippen LogP contribution in [0.3, 0.4) is 0 Å². The van der Waals surface area contributed by atoms with Crippen molar-refractivity contribution >= 4 is 22.9 Å². The average Bonchev–Trinajstić information content (AvgIpc) is 3.58. The number of nitrogens with one attached hydrogen (secondary N) is 1. The van der Waals surface area contributed by atoms with Gasteiger partial charge in [-0.15, -0.1) is 0 Å². The minimum absolute atomic E-state index is 0.0165. The predicted octanol–water partition coefficient (Wildman–Crippen LogP) is 5.34. The number of aryl methyl sites for hydroxylation is 1. The van der Waals surface area contributed by atoms with Crippen molar-refractivity contribution in [2.45, 2.75) is 62.7 Å². The molecular weight excluding hydrogens is 532 g/mol. The molecule has 2 atom stereocenters. The number of nitrogens with zero attached hydrogens (tertiary/aromatic N) is 4. The Balaban J connectivity index is 1.43. The summed E-state index contributed by atoms with van der Waals surface area (Å²) < 4.78 is 89.4. The fraction of sp³-hybridized carbons (Fsp3) is 0.520. The molecule has 2 aromatic heterocycles. The van der Waals surface area contributed by atoms with E-state index in [9.17, 15) is 31.5 Å². The van der Waals surface area contributed by atoms with Crippen LogP contribution >= 0.6 is 0 Å². The molecule has 3 heterocycles. The zero-order valence-electron chi connectivity index (χ0n) is 20.8. The zero-order chi connectivity index (χ0) is 28.1. The topological polar surface area (TPSA) is 93.3 Å². The van der Waals surface area contributed by atoms with Gasteiger partial charge in [-0.1, -0.05) is 6.07 Å². The third-order valence-electron chi connectivity index (χ3n) is 7.50. The highest BCUT2D eigenvalue weighted by Gasteiger charge is 2.47. The molecule has 2 aliphatic rings. The van der Waals surface area contributed by atoms with Gasteiger partial charge in [0.2, 0.25) is 5.92 Å². The van der Waals surface area contributed by atoms with E-state index in [2.05, 4.69) is 10.1 Å². The molecule has 8 nitrogen and oxygen atoms in total. The van der Waals surface area contributed by atoms with Gasteiger partial charge in [0.1, 0.15) is 17.3 Å². The highest BCUT2D eigenvalue weighted by atomic mass is 19.4. The lowest BCUT2D eigenvalue weighted by Crippen LogP contribution is -2.40. The summed E-state index contributed by atoms with van der Waals surface area (Å²) in [7, 11) is 1.59. The first-order valence-corrected chi connectivity index (χ1v) is 12.4. The Morgan fingerprint density at radius 1 is 1.23 bits per heavy atom. The molecule has 2 unspecified atom stereocenters. The van der Waals surface area contributed by atoms with Crippen LogP contribution in [0.2, 0.25) is 0 Å². The second-order valence-corrected chi connectivity index (χ2v) is 10.1. The fourth-order valence-electron chi connectivity index (χ4n) is 5.29. The fourth-order valence-corrected chi connectivity index (χ4v) is 5.29. The smallest absolute Gasteiger partial charge is 0.410 e. The number of carbonyl (C=O) groups excluding carboxylic acids is 2. The third kappa shape index (κ3) is 5.46. The van der Waals surface area contributed by atoms with Gasteiger partial charge in [-0.3, -0.25) is 9.48 Å². The van der Waals surface area contributed by atoms with Crippen LogP contribution in [0.25, 0.3) is 11.1 Å². The van der Waals surface area contributed by atoms with Gasteiger partial charge in [0.25, 0.3) is 0 Å². The van der Waals surface area contributed by atoms with Crippen molar-refractivity contribution in [3.63, 3.8) is 0 Å². The van der Waals surface area contributed by atoms with Gasteiger partial charge in [0.15, 0.2) is 23.1 Å². The molecule has 0 spiro atoms. The number of benzene rings is 1. The number of amides is 2. The molecule has 1 aliphatic heterocycles. The number of ketones is 1. The SMILES string of the molecule is Cn1nccc1C(=O)CC(c1nc2c(F)c(CN3CC(C(F)(F)F)NC3=O)ccc2o1)C1CCC(F)(F)CC1. The number of carbonyl (C=O) groups is 2. The predicted molar refractivity (Wildman–Crippen MR) is 125 cm³/mol. The largest absolute Gasteiger partial charge is 0.440 e. The molecule has 1 aliphatic carbocycles. The first-order valence-electron chi connectivity index (χ1n) is 12.4. The molecule has 0 radical (unpaired) electrons. The monoisotopic (exact) mass is 557 g/mol. The molecule has 3 aromatic rings. The molecule has 1 aromatic carbocycles. The number of rotatable bonds is 7. The normalized spacial score (nSPS) is 20.9. The summed E-state index contributed by atoms with van der Waals surface area (Å²) in [4.78, 5) is 30.2. The number of urea groups is 1. The lowest BCUT2D eigenvalue weighted by atomic mass is 9.76. The molecule has 2 amide bonds. The number of halogens is 6. The Hall–Kier alpha value is -3.58. The number of hydrogen-bond donors (Lipinski definition) is 1. The molecule has 14 heteroatoms. The minimum Gasteiger partial charge on any atom is -0.440 e. The molecule has 2 fully saturated rings. The molecular formula is C25H25F6N5O3. The maximum absolute atomic E-state index is 15.5. The van der Waals surface area contributed by atoms with E-state index in [1.807, 2.05) is 5.32 Å². The van der Waals surface area contributed by atoms with E-state index < -0.39 is 49.0 Å². The summed E-state index contributed by atoms with van der Waals surface area (Å²) in [6, 6.07) is 1.17. The van der Waals surface area contributed by atoms with Crippen LogP contribution in [0, 0.1) is 11.7 Å². The van der Waals surface area contributed by atoms with E-state index in [1.165, 1.54) is 29.1 Å². The van der Waals surface area contributed by atoms with Crippen molar-refractivity contribution < 1.29 is 40.3 Å². The molecule has 39 heavy (non-hydrogen) atoms. The number of aromatic nitrogens is 3. The van der Waals surface area contributed by atoms with Gasteiger partial charge in [-0.2, -0.15) is 18.3 Å². The van der Waals surface area contributed by atoms with Gasteiger partial charge in [-0.05, 0) is 30.9 Å². The second-order valence-electron chi connectivity index (χ2n) is 10.1. The van der Waals surface area contributed by atoms with Gasteiger partial charge in [0, 0.05) is 44.0 Å². The Morgan fingerprint density at radius 3 is 2.56 bits per heavy atom. The van der Waals surface area contributed by atoms with Gasteiger partial charge in [-0.25, -0.2) is 22.9 Å². The van der Waals surface area contributed by atoms with Crippen LogP contribution in [0.1, 0.15) is 60.0 Å². The highest BCUT2D eigenvalue weighted by molar-refractivity contribution is 5.95. The van der Waals surface area contributed by atoms with Gasteiger partial charge < -0.3 is 14.6 Å². The minimum atomic E-state index is -4.64. The van der Waals surface area contributed by atoms with Crippen molar-refractivity contribution in [3.8, 4) is 0 Å². The standard InChI is InChI=1S/C25H25F6N5O3/c1-35-16(6-9-32-35)17(37)10-15(13-4-7-24(27,28)8-5-13)22-34-21-18(39-22)3-2-14(20(21)26)11-36-12-19(25(29,30)31)33-23(36)38/h2-3,6,9,13,15,19H,4-5,7-8,10-12H2,1H3,(H,33,38). The Morgan fingerprint density at radius 2 is 1.95 bits per heavy atom. The van der Waals surface area contributed by atoms with Crippen molar-refractivity contribution in [1.82, 2.24) is 25.0 Å². The van der Waals surface area contributed by atoms with Crippen LogP contribution < -0.4 is 5.32 Å². The van der Waals surface area contributed by atoms with Gasteiger partial charge >= 0.3 is 12.2 Å². The summed E-state index contributed by atoms with van der Waals surface area (Å²) in [6.07, 6.45) is -3.78. The van der Waals surface area contributed by atoms with E-state index in [1.54, 1.807) is 7.05 Å². The number of hydrogen-bond acceptors (Lipinski definition) is 5. The summed E-state index contributed by atoms with van der Waals surface area (Å²) in [5.41, 5.74) is 0.0601. The maximum atomic E-state index is 15.5. The van der Waals surface area contributed by atoms with Gasteiger partial charge in [0.05, 0.1) is 13.1 Å². The van der Waals surface area contributed by atoms with Crippen molar-refractivity contribution in [2.24, 2.45) is 13.0 Å². The van der Waals surface area contributed by atoms with Crippen molar-refractivity contribution in [1.29, 1.82) is 0 Å². The molecule has 210 valence electrons. The quantitative estimate of drug-likeness (QED) is 0.313. The lowest BCUT2D eigenvalue weighted by molar-refractivity contribution is -0.149. The zero-order valence-corrected chi connectivity index (χ0v) is 20.8. The van der Waals surface area contributed by atoms with Crippen molar-refractivity contribution in [3.05, 3.63) is 47.4 Å². The van der Waals surface area contributed by atoms with E-state index in [0.29, 0.717) is 5.69 Å². The van der Waals surface area contributed by atoms with E-state index >= 15 is 4.39 Å². The summed E-state index contributed by atoms with van der Waals surface area (Å²) in [6.45, 7) is -1.10. The Bertz CT molecular complexity index is 1390. The lowest BCUT2D eigenvalue weighted by Gasteiger charge is -2.32. The van der Waals surface area contributed by atoms with Crippen LogP contribution in [0.5, 0.6) is 0 Å². The number of Topliss-reactive ketones (excluding diaryl/α,β-unsaturated/α-hetero) is 1. The Labute approximate surface area is 218 Å². The maximum Gasteiger partial charge on any atom is 0.410 e. The van der Waals surface area contributed by atoms with Crippen LogP contribution in [-0.4, -0.2) is 56.2 Å². The highest BCUT2D eigenvalue weighted by Crippen LogP contribution is 2.44. The molecule has 1 N–H and O–H groups in total. The number of alkyl halides is 5. The van der Waals surface area contributed by atoms with E-state index in [0.717, 1.165) is 4.90 Å². The molecule has 0 bridgehead atoms. The molecule has 5 rings (SSSR count). The first-order chi connectivity index (χ1) is 18.3. The van der Waals surface area contributed by atoms with Crippen LogP contribution in [0.15, 0.2) is 28.8 Å². The third-order valence-corrected chi connectivity index (χ3v) is 7.50. The summed E-state index contributed by atoms with van der Waals surface area (Å²) >= 11 is 0. The molecule has 1 saturated heterocycles. The number of oxazole rings is 1. The Kier molecular flexibility index (Phi) is 6.83. The summed E-state index contributed by atoms with van der Waals surface area (Å²) in [5.74, 6) is -5.05. The van der Waals surface area contributed by atoms with Crippen LogP contribution in [0.4, 0.5) is 31.1 Å². The van der Waals surface area contributed by atoms with Crippen LogP contribution in [-0.2, 0) is 13.6 Å². The first kappa shape index (κ1) is 27.0. The molecule has 1 saturated carbocycles. The average molecular weight is 557 g/mol. The number of fused-ring (bicyclic) bond motifs is 1. The second kappa shape index (κ2) is 9.87. The summed E-state index contributed by atoms with van der Waals surface area (Å²) in [5, 5.41) is 5.81.